The van der Waals surface area contributed by atoms with Crippen molar-refractivity contribution in [1.29, 1.82) is 0 Å². The lowest BCUT2D eigenvalue weighted by Gasteiger charge is -2.18. The second kappa shape index (κ2) is 7.44. The Morgan fingerprint density at radius 2 is 2.04 bits per heavy atom. The van der Waals surface area contributed by atoms with Crippen molar-refractivity contribution in [2.75, 3.05) is 6.61 Å². The molecule has 5 heteroatoms. The minimum Gasteiger partial charge on any atom is -0.493 e. The van der Waals surface area contributed by atoms with Crippen LogP contribution < -0.4 is 10.1 Å². The largest absolute Gasteiger partial charge is 0.493 e. The van der Waals surface area contributed by atoms with Crippen LogP contribution >= 0.6 is 22.7 Å². The molecule has 0 unspecified atom stereocenters. The molecule has 3 rings (SSSR count). The summed E-state index contributed by atoms with van der Waals surface area (Å²) in [4.78, 5) is 13.9. The number of carbonyl (C=O) groups excluding carboxylic acids is 1. The maximum Gasteiger partial charge on any atom is 0.255 e. The van der Waals surface area contributed by atoms with Crippen molar-refractivity contribution in [2.24, 2.45) is 0 Å². The molecule has 1 atom stereocenters. The summed E-state index contributed by atoms with van der Waals surface area (Å²) in [7, 11) is 0. The Morgan fingerprint density at radius 1 is 1.17 bits per heavy atom. The van der Waals surface area contributed by atoms with Crippen molar-refractivity contribution in [3.63, 3.8) is 0 Å². The zero-order valence-corrected chi connectivity index (χ0v) is 14.3. The van der Waals surface area contributed by atoms with E-state index in [9.17, 15) is 4.79 Å². The predicted molar refractivity (Wildman–Crippen MR) is 95.6 cm³/mol. The Kier molecular flexibility index (Phi) is 5.10. The quantitative estimate of drug-likeness (QED) is 0.703. The second-order valence-electron chi connectivity index (χ2n) is 4.91. The predicted octanol–water partition coefficient (Wildman–Crippen LogP) is 4.73. The van der Waals surface area contributed by atoms with Gasteiger partial charge in [0.2, 0.25) is 0 Å². The van der Waals surface area contributed by atoms with E-state index in [4.69, 9.17) is 4.74 Å². The Morgan fingerprint density at radius 3 is 2.74 bits per heavy atom. The van der Waals surface area contributed by atoms with Crippen LogP contribution in [0, 0.1) is 0 Å². The molecule has 0 bridgehead atoms. The molecule has 118 valence electrons. The van der Waals surface area contributed by atoms with Crippen LogP contribution in [0.2, 0.25) is 0 Å². The highest BCUT2D eigenvalue weighted by molar-refractivity contribution is 7.10. The van der Waals surface area contributed by atoms with Crippen molar-refractivity contribution in [3.05, 3.63) is 74.6 Å². The molecule has 1 amide bonds. The summed E-state index contributed by atoms with van der Waals surface area (Å²) in [6.45, 7) is 2.44. The van der Waals surface area contributed by atoms with Gasteiger partial charge in [-0.15, -0.1) is 11.3 Å². The monoisotopic (exact) mass is 343 g/mol. The molecular weight excluding hydrogens is 326 g/mol. The molecule has 0 fully saturated rings. The number of nitrogens with one attached hydrogen (secondary N) is 1. The van der Waals surface area contributed by atoms with Gasteiger partial charge in [0.25, 0.3) is 5.91 Å². The first-order valence-electron chi connectivity index (χ1n) is 7.37. The van der Waals surface area contributed by atoms with E-state index in [-0.39, 0.29) is 11.9 Å². The molecule has 0 radical (unpaired) electrons. The zero-order chi connectivity index (χ0) is 16.1. The van der Waals surface area contributed by atoms with Gasteiger partial charge in [-0.25, -0.2) is 0 Å². The average molecular weight is 343 g/mol. The van der Waals surface area contributed by atoms with E-state index in [1.54, 1.807) is 28.7 Å². The summed E-state index contributed by atoms with van der Waals surface area (Å²) < 4.78 is 5.56. The average Bonchev–Trinajstić information content (AvgIpc) is 3.27. The van der Waals surface area contributed by atoms with Gasteiger partial charge < -0.3 is 10.1 Å². The van der Waals surface area contributed by atoms with Gasteiger partial charge in [-0.2, -0.15) is 11.3 Å². The van der Waals surface area contributed by atoms with Gasteiger partial charge in [0.1, 0.15) is 5.75 Å². The van der Waals surface area contributed by atoms with Gasteiger partial charge in [0.05, 0.1) is 18.2 Å². The Labute approximate surface area is 143 Å². The van der Waals surface area contributed by atoms with E-state index in [1.165, 1.54) is 0 Å². The van der Waals surface area contributed by atoms with Crippen LogP contribution in [0.1, 0.15) is 33.8 Å². The molecule has 0 aliphatic carbocycles. The highest BCUT2D eigenvalue weighted by atomic mass is 32.1. The second-order valence-corrected chi connectivity index (χ2v) is 6.67. The fourth-order valence-corrected chi connectivity index (χ4v) is 3.85. The van der Waals surface area contributed by atoms with E-state index in [1.807, 2.05) is 54.1 Å². The van der Waals surface area contributed by atoms with Gasteiger partial charge in [-0.1, -0.05) is 18.2 Å². The van der Waals surface area contributed by atoms with E-state index in [2.05, 4.69) is 10.7 Å². The fourth-order valence-electron chi connectivity index (χ4n) is 2.36. The van der Waals surface area contributed by atoms with Crippen molar-refractivity contribution < 1.29 is 9.53 Å². The number of carbonyl (C=O) groups is 1. The smallest absolute Gasteiger partial charge is 0.255 e. The summed E-state index contributed by atoms with van der Waals surface area (Å²) in [6.07, 6.45) is 0. The number of rotatable bonds is 6. The lowest BCUT2D eigenvalue weighted by Crippen LogP contribution is -2.29. The maximum absolute atomic E-state index is 12.8. The van der Waals surface area contributed by atoms with E-state index >= 15 is 0 Å². The zero-order valence-electron chi connectivity index (χ0n) is 12.7. The van der Waals surface area contributed by atoms with Gasteiger partial charge in [-0.05, 0) is 52.9 Å². The third-order valence-electron chi connectivity index (χ3n) is 3.41. The molecule has 1 N–H and O–H groups in total. The van der Waals surface area contributed by atoms with Crippen LogP contribution in [0.25, 0.3) is 0 Å². The molecular formula is C18H17NO2S2. The lowest BCUT2D eigenvalue weighted by atomic mass is 10.1. The first-order valence-corrected chi connectivity index (χ1v) is 9.20. The summed E-state index contributed by atoms with van der Waals surface area (Å²) in [5.74, 6) is 0.487. The maximum atomic E-state index is 12.8. The number of thiophene rings is 2. The summed E-state index contributed by atoms with van der Waals surface area (Å²) in [5.41, 5.74) is 1.66. The van der Waals surface area contributed by atoms with Crippen molar-refractivity contribution in [1.82, 2.24) is 5.32 Å². The highest BCUT2D eigenvalue weighted by Crippen LogP contribution is 2.28. The van der Waals surface area contributed by atoms with Crippen molar-refractivity contribution in [3.8, 4) is 5.75 Å². The fraction of sp³-hybridized carbons (Fsp3) is 0.167. The number of para-hydroxylation sites is 1. The van der Waals surface area contributed by atoms with E-state index < -0.39 is 0 Å². The Bertz CT molecular complexity index is 717. The van der Waals surface area contributed by atoms with Crippen LogP contribution in [-0.2, 0) is 0 Å². The molecule has 2 aromatic heterocycles. The standard InChI is InChI=1S/C18H17NO2S2/c1-2-21-15-7-4-3-6-14(15)18(20)19-17(13-9-11-22-12-13)16-8-5-10-23-16/h3-12,17H,2H2,1H3,(H,19,20)/t17-/m0/s1. The first-order chi connectivity index (χ1) is 11.3. The SMILES string of the molecule is CCOc1ccccc1C(=O)N[C@@H](c1ccsc1)c1cccs1. The molecule has 0 saturated heterocycles. The van der Waals surface area contributed by atoms with Gasteiger partial charge in [-0.3, -0.25) is 4.79 Å². The lowest BCUT2D eigenvalue weighted by molar-refractivity contribution is 0.0940. The van der Waals surface area contributed by atoms with Crippen molar-refractivity contribution >= 4 is 28.6 Å². The molecule has 3 nitrogen and oxygen atoms in total. The Hall–Kier alpha value is -2.11. The van der Waals surface area contributed by atoms with Gasteiger partial charge in [0.15, 0.2) is 0 Å². The molecule has 3 aromatic rings. The third kappa shape index (κ3) is 3.63. The van der Waals surface area contributed by atoms with Crippen LogP contribution in [0.15, 0.2) is 58.6 Å². The molecule has 23 heavy (non-hydrogen) atoms. The molecule has 1 aromatic carbocycles. The number of hydrogen-bond acceptors (Lipinski definition) is 4. The third-order valence-corrected chi connectivity index (χ3v) is 5.05. The molecule has 2 heterocycles. The molecule has 0 aliphatic heterocycles. The minimum absolute atomic E-state index is 0.126. The number of hydrogen-bond donors (Lipinski definition) is 1. The normalized spacial score (nSPS) is 11.9. The topological polar surface area (TPSA) is 38.3 Å². The van der Waals surface area contributed by atoms with Crippen LogP contribution in [-0.4, -0.2) is 12.5 Å². The van der Waals surface area contributed by atoms with E-state index in [0.29, 0.717) is 17.9 Å². The summed E-state index contributed by atoms with van der Waals surface area (Å²) in [5, 5.41) is 9.25. The van der Waals surface area contributed by atoms with Crippen LogP contribution in [0.3, 0.4) is 0 Å². The van der Waals surface area contributed by atoms with Gasteiger partial charge in [0, 0.05) is 4.88 Å². The van der Waals surface area contributed by atoms with Crippen LogP contribution in [0.5, 0.6) is 5.75 Å². The first kappa shape index (κ1) is 15.8. The molecule has 0 spiro atoms. The summed E-state index contributed by atoms with van der Waals surface area (Å²) >= 11 is 3.27. The number of ether oxygens (including phenoxy) is 1. The Balaban J connectivity index is 1.88. The molecule has 0 saturated carbocycles. The number of benzene rings is 1. The van der Waals surface area contributed by atoms with Crippen molar-refractivity contribution in [2.45, 2.75) is 13.0 Å². The summed E-state index contributed by atoms with van der Waals surface area (Å²) in [6, 6.07) is 13.3. The number of amides is 1. The molecule has 0 aliphatic rings. The van der Waals surface area contributed by atoms with Crippen LogP contribution in [0.4, 0.5) is 0 Å². The minimum atomic E-state index is -0.136. The highest BCUT2D eigenvalue weighted by Gasteiger charge is 2.21. The van der Waals surface area contributed by atoms with Gasteiger partial charge >= 0.3 is 0 Å². The van der Waals surface area contributed by atoms with E-state index in [0.717, 1.165) is 10.4 Å².